The average Bonchev–Trinajstić information content (AvgIpc) is 2.24. The van der Waals surface area contributed by atoms with Gasteiger partial charge < -0.3 is 11.1 Å². The Labute approximate surface area is 94.3 Å². The number of hydrogen-bond donors (Lipinski definition) is 2. The van der Waals surface area contributed by atoms with Crippen molar-refractivity contribution in [2.45, 2.75) is 26.8 Å². The fourth-order valence-corrected chi connectivity index (χ4v) is 1.73. The molecular formula is C11H17N3O2. The highest BCUT2D eigenvalue weighted by Crippen LogP contribution is 2.12. The predicted octanol–water partition coefficient (Wildman–Crippen LogP) is 0.354. The van der Waals surface area contributed by atoms with Crippen LogP contribution in [-0.4, -0.2) is 17.5 Å². The van der Waals surface area contributed by atoms with E-state index >= 15 is 0 Å². The van der Waals surface area contributed by atoms with Crippen molar-refractivity contribution in [3.8, 4) is 0 Å². The van der Waals surface area contributed by atoms with Crippen LogP contribution < -0.4 is 16.6 Å². The van der Waals surface area contributed by atoms with Crippen molar-refractivity contribution >= 4 is 11.6 Å². The highest BCUT2D eigenvalue weighted by Gasteiger charge is 2.18. The van der Waals surface area contributed by atoms with Crippen LogP contribution in [0, 0.1) is 13.8 Å². The molecule has 0 bridgehead atoms. The molecule has 0 saturated carbocycles. The summed E-state index contributed by atoms with van der Waals surface area (Å²) in [6.07, 6.45) is 0. The molecular weight excluding hydrogens is 206 g/mol. The van der Waals surface area contributed by atoms with Crippen LogP contribution in [0.1, 0.15) is 24.2 Å². The summed E-state index contributed by atoms with van der Waals surface area (Å²) >= 11 is 0. The molecule has 1 heterocycles. The molecule has 5 heteroatoms. The standard InChI is InChI=1S/C11H17N3O2/c1-6-5-7(2)14(11(16)9(6)12)8(3)10(15)13-4/h5,8H,12H2,1-4H3,(H,13,15)/t8-/m1/s1. The van der Waals surface area contributed by atoms with Gasteiger partial charge in [-0.05, 0) is 32.4 Å². The van der Waals surface area contributed by atoms with E-state index in [1.54, 1.807) is 26.8 Å². The largest absolute Gasteiger partial charge is 0.394 e. The number of anilines is 1. The zero-order chi connectivity index (χ0) is 12.5. The first-order chi connectivity index (χ1) is 7.40. The first-order valence-electron chi connectivity index (χ1n) is 5.10. The van der Waals surface area contributed by atoms with Crippen LogP contribution in [-0.2, 0) is 4.79 Å². The van der Waals surface area contributed by atoms with Crippen LogP contribution in [0.3, 0.4) is 0 Å². The number of likely N-dealkylation sites (N-methyl/N-ethyl adjacent to an activating group) is 1. The maximum atomic E-state index is 11.9. The van der Waals surface area contributed by atoms with Crippen molar-refractivity contribution in [3.05, 3.63) is 27.7 Å². The van der Waals surface area contributed by atoms with E-state index in [0.717, 1.165) is 11.3 Å². The van der Waals surface area contributed by atoms with Crippen molar-refractivity contribution in [2.75, 3.05) is 12.8 Å². The molecule has 0 fully saturated rings. The summed E-state index contributed by atoms with van der Waals surface area (Å²) < 4.78 is 1.40. The van der Waals surface area contributed by atoms with Crippen molar-refractivity contribution < 1.29 is 4.79 Å². The van der Waals surface area contributed by atoms with Crippen LogP contribution in [0.2, 0.25) is 0 Å². The Kier molecular flexibility index (Phi) is 3.37. The van der Waals surface area contributed by atoms with E-state index in [1.165, 1.54) is 11.6 Å². The summed E-state index contributed by atoms with van der Waals surface area (Å²) in [4.78, 5) is 23.4. The molecule has 0 aliphatic heterocycles. The second kappa shape index (κ2) is 4.38. The predicted molar refractivity (Wildman–Crippen MR) is 63.4 cm³/mol. The van der Waals surface area contributed by atoms with Crippen molar-refractivity contribution in [1.29, 1.82) is 0 Å². The van der Waals surface area contributed by atoms with Crippen LogP contribution >= 0.6 is 0 Å². The maximum Gasteiger partial charge on any atom is 0.274 e. The van der Waals surface area contributed by atoms with Crippen LogP contribution in [0.4, 0.5) is 5.69 Å². The molecule has 1 aromatic heterocycles. The first-order valence-corrected chi connectivity index (χ1v) is 5.10. The Bertz CT molecular complexity index is 477. The third-order valence-corrected chi connectivity index (χ3v) is 2.69. The van der Waals surface area contributed by atoms with Gasteiger partial charge in [-0.25, -0.2) is 0 Å². The van der Waals surface area contributed by atoms with Gasteiger partial charge in [0.1, 0.15) is 11.7 Å². The second-order valence-corrected chi connectivity index (χ2v) is 3.85. The molecule has 1 amide bonds. The van der Waals surface area contributed by atoms with Crippen LogP contribution in [0.5, 0.6) is 0 Å². The molecule has 1 atom stereocenters. The van der Waals surface area contributed by atoms with E-state index in [0.29, 0.717) is 0 Å². The number of aromatic nitrogens is 1. The second-order valence-electron chi connectivity index (χ2n) is 3.85. The highest BCUT2D eigenvalue weighted by atomic mass is 16.2. The molecule has 0 aliphatic carbocycles. The Morgan fingerprint density at radius 3 is 2.56 bits per heavy atom. The molecule has 16 heavy (non-hydrogen) atoms. The van der Waals surface area contributed by atoms with Crippen LogP contribution in [0.15, 0.2) is 10.9 Å². The van der Waals surface area contributed by atoms with E-state index in [4.69, 9.17) is 5.73 Å². The zero-order valence-electron chi connectivity index (χ0n) is 10.00. The monoisotopic (exact) mass is 223 g/mol. The summed E-state index contributed by atoms with van der Waals surface area (Å²) in [7, 11) is 1.54. The van der Waals surface area contributed by atoms with Gasteiger partial charge in [0.2, 0.25) is 5.91 Å². The summed E-state index contributed by atoms with van der Waals surface area (Å²) in [6.45, 7) is 5.23. The van der Waals surface area contributed by atoms with Gasteiger partial charge in [-0.1, -0.05) is 0 Å². The zero-order valence-corrected chi connectivity index (χ0v) is 10.00. The first kappa shape index (κ1) is 12.3. The summed E-state index contributed by atoms with van der Waals surface area (Å²) in [5, 5.41) is 2.51. The van der Waals surface area contributed by atoms with Gasteiger partial charge in [-0.15, -0.1) is 0 Å². The minimum Gasteiger partial charge on any atom is -0.394 e. The highest BCUT2D eigenvalue weighted by molar-refractivity contribution is 5.79. The molecule has 88 valence electrons. The Morgan fingerprint density at radius 2 is 2.06 bits per heavy atom. The summed E-state index contributed by atoms with van der Waals surface area (Å²) in [5.74, 6) is -0.214. The lowest BCUT2D eigenvalue weighted by molar-refractivity contribution is -0.123. The molecule has 0 unspecified atom stereocenters. The van der Waals surface area contributed by atoms with Gasteiger partial charge in [-0.2, -0.15) is 0 Å². The minimum atomic E-state index is -0.555. The third-order valence-electron chi connectivity index (χ3n) is 2.69. The Morgan fingerprint density at radius 1 is 1.50 bits per heavy atom. The van der Waals surface area contributed by atoms with Gasteiger partial charge in [0.25, 0.3) is 5.56 Å². The number of rotatable bonds is 2. The van der Waals surface area contributed by atoms with E-state index in [1.807, 2.05) is 0 Å². The van der Waals surface area contributed by atoms with Crippen molar-refractivity contribution in [1.82, 2.24) is 9.88 Å². The van der Waals surface area contributed by atoms with E-state index in [2.05, 4.69) is 5.32 Å². The molecule has 3 N–H and O–H groups in total. The Hall–Kier alpha value is -1.78. The number of amides is 1. The lowest BCUT2D eigenvalue weighted by Gasteiger charge is -2.18. The van der Waals surface area contributed by atoms with Crippen LogP contribution in [0.25, 0.3) is 0 Å². The molecule has 0 radical (unpaired) electrons. The summed E-state index contributed by atoms with van der Waals surface area (Å²) in [5.41, 5.74) is 7.02. The van der Waals surface area contributed by atoms with Gasteiger partial charge >= 0.3 is 0 Å². The topological polar surface area (TPSA) is 77.1 Å². The van der Waals surface area contributed by atoms with E-state index < -0.39 is 6.04 Å². The molecule has 1 aromatic rings. The minimum absolute atomic E-state index is 0.196. The number of nitrogens with one attached hydrogen (secondary N) is 1. The van der Waals surface area contributed by atoms with Gasteiger partial charge in [0.05, 0.1) is 0 Å². The van der Waals surface area contributed by atoms with Gasteiger partial charge in [-0.3, -0.25) is 14.2 Å². The maximum absolute atomic E-state index is 11.9. The summed E-state index contributed by atoms with van der Waals surface area (Å²) in [6, 6.07) is 1.25. The molecule has 0 saturated heterocycles. The van der Waals surface area contributed by atoms with Crippen molar-refractivity contribution in [3.63, 3.8) is 0 Å². The lowest BCUT2D eigenvalue weighted by atomic mass is 10.2. The van der Waals surface area contributed by atoms with Gasteiger partial charge in [0, 0.05) is 12.7 Å². The molecule has 0 spiro atoms. The number of pyridine rings is 1. The quantitative estimate of drug-likeness (QED) is 0.759. The number of nitrogen functional groups attached to an aromatic ring is 1. The smallest absolute Gasteiger partial charge is 0.274 e. The number of carbonyl (C=O) groups is 1. The normalized spacial score (nSPS) is 12.2. The molecule has 5 nitrogen and oxygen atoms in total. The third kappa shape index (κ3) is 1.93. The number of aryl methyl sites for hydroxylation is 2. The molecule has 1 rings (SSSR count). The van der Waals surface area contributed by atoms with E-state index in [9.17, 15) is 9.59 Å². The van der Waals surface area contributed by atoms with Gasteiger partial charge in [0.15, 0.2) is 0 Å². The Balaban J connectivity index is 3.40. The van der Waals surface area contributed by atoms with E-state index in [-0.39, 0.29) is 17.2 Å². The molecule has 0 aromatic carbocycles. The number of carbonyl (C=O) groups excluding carboxylic acids is 1. The number of nitrogens with two attached hydrogens (primary N) is 1. The fraction of sp³-hybridized carbons (Fsp3) is 0.455. The number of hydrogen-bond acceptors (Lipinski definition) is 3. The van der Waals surface area contributed by atoms with Crippen molar-refractivity contribution in [2.24, 2.45) is 0 Å². The lowest BCUT2D eigenvalue weighted by Crippen LogP contribution is -2.36. The average molecular weight is 223 g/mol. The SMILES string of the molecule is CNC(=O)[C@@H](C)n1c(C)cc(C)c(N)c1=O. The number of nitrogens with zero attached hydrogens (tertiary/aromatic N) is 1. The molecule has 0 aliphatic rings. The fourth-order valence-electron chi connectivity index (χ4n) is 1.73.